The highest BCUT2D eigenvalue weighted by Crippen LogP contribution is 2.24. The van der Waals surface area contributed by atoms with E-state index in [-0.39, 0.29) is 6.29 Å². The molecule has 88 valence electrons. The van der Waals surface area contributed by atoms with Gasteiger partial charge in [-0.25, -0.2) is 0 Å². The van der Waals surface area contributed by atoms with E-state index in [9.17, 15) is 0 Å². The molecule has 1 heterocycles. The van der Waals surface area contributed by atoms with Gasteiger partial charge in [-0.05, 0) is 24.8 Å². The van der Waals surface area contributed by atoms with E-state index >= 15 is 0 Å². The molecule has 16 heavy (non-hydrogen) atoms. The van der Waals surface area contributed by atoms with Crippen LogP contribution in [0.2, 0.25) is 0 Å². The van der Waals surface area contributed by atoms with E-state index in [1.165, 1.54) is 18.4 Å². The fraction of sp³-hybridized carbons (Fsp3) is 0.538. The second-order valence-electron chi connectivity index (χ2n) is 3.96. The summed E-state index contributed by atoms with van der Waals surface area (Å²) in [7, 11) is 0. The SMILES string of the molecule is BrCCCCc1cccc(C2OCCO2)c1. The molecule has 0 radical (unpaired) electrons. The predicted molar refractivity (Wildman–Crippen MR) is 67.8 cm³/mol. The fourth-order valence-electron chi connectivity index (χ4n) is 1.87. The van der Waals surface area contributed by atoms with Crippen LogP contribution in [0.15, 0.2) is 24.3 Å². The number of ether oxygens (including phenoxy) is 2. The maximum Gasteiger partial charge on any atom is 0.184 e. The van der Waals surface area contributed by atoms with Gasteiger partial charge in [-0.3, -0.25) is 0 Å². The second-order valence-corrected chi connectivity index (χ2v) is 4.76. The monoisotopic (exact) mass is 284 g/mol. The highest BCUT2D eigenvalue weighted by atomic mass is 79.9. The van der Waals surface area contributed by atoms with Crippen molar-refractivity contribution in [2.24, 2.45) is 0 Å². The summed E-state index contributed by atoms with van der Waals surface area (Å²) in [6.45, 7) is 1.41. The van der Waals surface area contributed by atoms with Crippen LogP contribution >= 0.6 is 15.9 Å². The van der Waals surface area contributed by atoms with Crippen LogP contribution in [0, 0.1) is 0 Å². The average Bonchev–Trinajstić information content (AvgIpc) is 2.83. The third-order valence-corrected chi connectivity index (χ3v) is 3.25. The quantitative estimate of drug-likeness (QED) is 0.609. The standard InChI is InChI=1S/C13H17BrO2/c14-7-2-1-4-11-5-3-6-12(10-11)13-15-8-9-16-13/h3,5-6,10,13H,1-2,4,7-9H2. The Hall–Kier alpha value is -0.380. The molecule has 0 amide bonds. The molecule has 0 saturated carbocycles. The molecule has 1 aromatic carbocycles. The smallest absolute Gasteiger partial charge is 0.184 e. The van der Waals surface area contributed by atoms with Crippen LogP contribution in [0.5, 0.6) is 0 Å². The van der Waals surface area contributed by atoms with Gasteiger partial charge in [-0.15, -0.1) is 0 Å². The molecule has 2 nitrogen and oxygen atoms in total. The zero-order valence-electron chi connectivity index (χ0n) is 9.32. The molecule has 0 aromatic heterocycles. The third-order valence-electron chi connectivity index (χ3n) is 2.69. The summed E-state index contributed by atoms with van der Waals surface area (Å²) < 4.78 is 11.0. The number of hydrogen-bond acceptors (Lipinski definition) is 2. The fourth-order valence-corrected chi connectivity index (χ4v) is 2.27. The van der Waals surface area contributed by atoms with Crippen LogP contribution in [0.1, 0.15) is 30.3 Å². The zero-order chi connectivity index (χ0) is 11.2. The van der Waals surface area contributed by atoms with E-state index < -0.39 is 0 Å². The van der Waals surface area contributed by atoms with Gasteiger partial charge in [0.15, 0.2) is 6.29 Å². The van der Waals surface area contributed by atoms with Gasteiger partial charge >= 0.3 is 0 Å². The van der Waals surface area contributed by atoms with Gasteiger partial charge in [0.2, 0.25) is 0 Å². The highest BCUT2D eigenvalue weighted by Gasteiger charge is 2.17. The number of rotatable bonds is 5. The number of hydrogen-bond donors (Lipinski definition) is 0. The van der Waals surface area contributed by atoms with Gasteiger partial charge in [-0.2, -0.15) is 0 Å². The Kier molecular flexibility index (Phi) is 4.82. The van der Waals surface area contributed by atoms with E-state index in [1.807, 2.05) is 0 Å². The molecule has 0 aliphatic carbocycles. The van der Waals surface area contributed by atoms with E-state index in [4.69, 9.17) is 9.47 Å². The third kappa shape index (κ3) is 3.30. The molecule has 0 bridgehead atoms. The van der Waals surface area contributed by atoms with Gasteiger partial charge in [-0.1, -0.05) is 40.2 Å². The minimum atomic E-state index is -0.142. The van der Waals surface area contributed by atoms with Crippen molar-refractivity contribution >= 4 is 15.9 Å². The summed E-state index contributed by atoms with van der Waals surface area (Å²) >= 11 is 3.45. The molecule has 1 fully saturated rings. The highest BCUT2D eigenvalue weighted by molar-refractivity contribution is 9.09. The lowest BCUT2D eigenvalue weighted by molar-refractivity contribution is -0.0441. The number of alkyl halides is 1. The van der Waals surface area contributed by atoms with E-state index in [1.54, 1.807) is 0 Å². The van der Waals surface area contributed by atoms with E-state index in [0.29, 0.717) is 13.2 Å². The Morgan fingerprint density at radius 1 is 1.19 bits per heavy atom. The van der Waals surface area contributed by atoms with Crippen molar-refractivity contribution in [3.63, 3.8) is 0 Å². The topological polar surface area (TPSA) is 18.5 Å². The van der Waals surface area contributed by atoms with Crippen molar-refractivity contribution in [3.8, 4) is 0 Å². The Labute approximate surface area is 105 Å². The summed E-state index contributed by atoms with van der Waals surface area (Å²) in [5.41, 5.74) is 2.52. The lowest BCUT2D eigenvalue weighted by atomic mass is 10.1. The molecule has 1 aliphatic rings. The van der Waals surface area contributed by atoms with Gasteiger partial charge in [0.1, 0.15) is 0 Å². The lowest BCUT2D eigenvalue weighted by Gasteiger charge is -2.10. The van der Waals surface area contributed by atoms with Crippen molar-refractivity contribution in [3.05, 3.63) is 35.4 Å². The number of unbranched alkanes of at least 4 members (excludes halogenated alkanes) is 1. The molecule has 0 unspecified atom stereocenters. The normalized spacial score (nSPS) is 16.8. The zero-order valence-corrected chi connectivity index (χ0v) is 10.9. The van der Waals surface area contributed by atoms with Crippen molar-refractivity contribution in [1.82, 2.24) is 0 Å². The molecule has 2 rings (SSSR count). The summed E-state index contributed by atoms with van der Waals surface area (Å²) in [5.74, 6) is 0. The van der Waals surface area contributed by atoms with Crippen molar-refractivity contribution < 1.29 is 9.47 Å². The van der Waals surface area contributed by atoms with Crippen molar-refractivity contribution in [1.29, 1.82) is 0 Å². The first-order valence-corrected chi connectivity index (χ1v) is 6.90. The largest absolute Gasteiger partial charge is 0.346 e. The molecule has 0 spiro atoms. The summed E-state index contributed by atoms with van der Waals surface area (Å²) in [4.78, 5) is 0. The molecule has 0 N–H and O–H groups in total. The average molecular weight is 285 g/mol. The Morgan fingerprint density at radius 2 is 2.00 bits per heavy atom. The van der Waals surface area contributed by atoms with Crippen molar-refractivity contribution in [2.75, 3.05) is 18.5 Å². The Bertz CT molecular complexity index is 321. The first kappa shape index (κ1) is 12.1. The second kappa shape index (κ2) is 6.38. The van der Waals surface area contributed by atoms with E-state index in [0.717, 1.165) is 17.3 Å². The van der Waals surface area contributed by atoms with Crippen LogP contribution in [-0.4, -0.2) is 18.5 Å². The van der Waals surface area contributed by atoms with Crippen molar-refractivity contribution in [2.45, 2.75) is 25.6 Å². The van der Waals surface area contributed by atoms with Gasteiger partial charge in [0, 0.05) is 10.9 Å². The minimum absolute atomic E-state index is 0.142. The van der Waals surface area contributed by atoms with Crippen LogP contribution in [-0.2, 0) is 15.9 Å². The summed E-state index contributed by atoms with van der Waals surface area (Å²) in [6, 6.07) is 8.53. The summed E-state index contributed by atoms with van der Waals surface area (Å²) in [5, 5.41) is 1.08. The maximum absolute atomic E-state index is 5.49. The molecule has 0 atom stereocenters. The molecule has 1 saturated heterocycles. The maximum atomic E-state index is 5.49. The number of benzene rings is 1. The number of halogens is 1. The Balaban J connectivity index is 1.95. The Morgan fingerprint density at radius 3 is 2.75 bits per heavy atom. The first-order chi connectivity index (χ1) is 7.90. The van der Waals surface area contributed by atoms with Crippen LogP contribution < -0.4 is 0 Å². The van der Waals surface area contributed by atoms with Gasteiger partial charge in [0.05, 0.1) is 13.2 Å². The van der Waals surface area contributed by atoms with Gasteiger partial charge in [0.25, 0.3) is 0 Å². The van der Waals surface area contributed by atoms with Gasteiger partial charge < -0.3 is 9.47 Å². The number of aryl methyl sites for hydroxylation is 1. The van der Waals surface area contributed by atoms with Crippen LogP contribution in [0.25, 0.3) is 0 Å². The summed E-state index contributed by atoms with van der Waals surface area (Å²) in [6.07, 6.45) is 3.43. The van der Waals surface area contributed by atoms with Crippen LogP contribution in [0.3, 0.4) is 0 Å². The predicted octanol–water partition coefficient (Wildman–Crippen LogP) is 3.45. The van der Waals surface area contributed by atoms with Crippen LogP contribution in [0.4, 0.5) is 0 Å². The minimum Gasteiger partial charge on any atom is -0.346 e. The molecule has 1 aromatic rings. The molecular weight excluding hydrogens is 268 g/mol. The first-order valence-electron chi connectivity index (χ1n) is 5.78. The molecule has 3 heteroatoms. The lowest BCUT2D eigenvalue weighted by Crippen LogP contribution is -1.99. The van der Waals surface area contributed by atoms with E-state index in [2.05, 4.69) is 40.2 Å². The molecular formula is C13H17BrO2. The molecule has 1 aliphatic heterocycles.